The van der Waals surface area contributed by atoms with E-state index in [2.05, 4.69) is 13.5 Å². The number of ether oxygens (including phenoxy) is 1. The molecule has 138 valence electrons. The van der Waals surface area contributed by atoms with Crippen LogP contribution in [0.5, 0.6) is 0 Å². The molecule has 0 saturated heterocycles. The molecule has 23 heavy (non-hydrogen) atoms. The maximum Gasteiger partial charge on any atom is 0.501 e. The van der Waals surface area contributed by atoms with Crippen molar-refractivity contribution >= 4 is 8.80 Å². The molecule has 0 aliphatic heterocycles. The Hall–Kier alpha value is -0.203. The van der Waals surface area contributed by atoms with Gasteiger partial charge in [-0.05, 0) is 40.5 Å². The van der Waals surface area contributed by atoms with Gasteiger partial charge in [0.15, 0.2) is 0 Å². The molecule has 0 amide bonds. The van der Waals surface area contributed by atoms with Crippen LogP contribution in [0, 0.1) is 0 Å². The SMILES string of the molecule is C=C(C)COC(CCCCC)CC[Si](OCC)(OCC)OCC. The molecule has 0 rings (SSSR count). The van der Waals surface area contributed by atoms with Gasteiger partial charge in [-0.25, -0.2) is 0 Å². The van der Waals surface area contributed by atoms with Crippen LogP contribution in [0.2, 0.25) is 6.04 Å². The van der Waals surface area contributed by atoms with Crippen molar-refractivity contribution < 1.29 is 18.0 Å². The van der Waals surface area contributed by atoms with Crippen LogP contribution in [0.25, 0.3) is 0 Å². The van der Waals surface area contributed by atoms with E-state index in [4.69, 9.17) is 18.0 Å². The van der Waals surface area contributed by atoms with Crippen molar-refractivity contribution in [2.24, 2.45) is 0 Å². The molecule has 0 radical (unpaired) electrons. The lowest BCUT2D eigenvalue weighted by atomic mass is 10.1. The monoisotopic (exact) mass is 346 g/mol. The third-order valence-corrected chi connectivity index (χ3v) is 6.65. The van der Waals surface area contributed by atoms with Gasteiger partial charge < -0.3 is 18.0 Å². The predicted octanol–water partition coefficient (Wildman–Crippen LogP) is 4.97. The van der Waals surface area contributed by atoms with Crippen molar-refractivity contribution in [3.8, 4) is 0 Å². The van der Waals surface area contributed by atoms with Crippen molar-refractivity contribution in [1.29, 1.82) is 0 Å². The van der Waals surface area contributed by atoms with Crippen LogP contribution in [0.4, 0.5) is 0 Å². The summed E-state index contributed by atoms with van der Waals surface area (Å²) in [6.07, 6.45) is 5.90. The van der Waals surface area contributed by atoms with Crippen molar-refractivity contribution in [2.45, 2.75) is 78.9 Å². The van der Waals surface area contributed by atoms with E-state index in [1.807, 2.05) is 27.7 Å². The van der Waals surface area contributed by atoms with Gasteiger partial charge in [0.05, 0.1) is 12.7 Å². The number of unbranched alkanes of at least 4 members (excludes halogenated alkanes) is 2. The molecular formula is C18H38O4Si. The zero-order valence-corrected chi connectivity index (χ0v) is 17.0. The third kappa shape index (κ3) is 11.1. The lowest BCUT2D eigenvalue weighted by molar-refractivity contribution is 0.0415. The Kier molecular flexibility index (Phi) is 14.0. The minimum absolute atomic E-state index is 0.228. The summed E-state index contributed by atoms with van der Waals surface area (Å²) in [4.78, 5) is 0. The second-order valence-corrected chi connectivity index (χ2v) is 8.64. The second kappa shape index (κ2) is 14.2. The Bertz CT molecular complexity index is 280. The smallest absolute Gasteiger partial charge is 0.374 e. The Morgan fingerprint density at radius 1 is 0.913 bits per heavy atom. The summed E-state index contributed by atoms with van der Waals surface area (Å²) in [7, 11) is -2.56. The largest absolute Gasteiger partial charge is 0.501 e. The highest BCUT2D eigenvalue weighted by Gasteiger charge is 2.40. The quantitative estimate of drug-likeness (QED) is 0.225. The molecule has 0 N–H and O–H groups in total. The summed E-state index contributed by atoms with van der Waals surface area (Å²) in [6.45, 7) is 16.6. The maximum absolute atomic E-state index is 6.04. The number of rotatable bonds is 16. The van der Waals surface area contributed by atoms with Crippen molar-refractivity contribution in [1.82, 2.24) is 0 Å². The molecule has 1 unspecified atom stereocenters. The molecule has 0 aromatic carbocycles. The molecule has 0 bridgehead atoms. The van der Waals surface area contributed by atoms with E-state index in [0.717, 1.165) is 24.5 Å². The normalized spacial score (nSPS) is 13.3. The molecule has 4 nitrogen and oxygen atoms in total. The fourth-order valence-electron chi connectivity index (χ4n) is 2.53. The molecule has 0 aromatic heterocycles. The molecule has 0 spiro atoms. The highest BCUT2D eigenvalue weighted by molar-refractivity contribution is 6.60. The van der Waals surface area contributed by atoms with Crippen molar-refractivity contribution in [3.05, 3.63) is 12.2 Å². The molecule has 0 aromatic rings. The fourth-order valence-corrected chi connectivity index (χ4v) is 5.21. The molecule has 0 aliphatic carbocycles. The van der Waals surface area contributed by atoms with Gasteiger partial charge >= 0.3 is 8.80 Å². The van der Waals surface area contributed by atoms with Crippen LogP contribution in [-0.2, 0) is 18.0 Å². The highest BCUT2D eigenvalue weighted by atomic mass is 28.4. The molecule has 5 heteroatoms. The standard InChI is InChI=1S/C18H38O4Si/c1-7-11-12-13-18(19-16-17(5)6)14-15-23(20-8-2,21-9-3)22-10-4/h18H,5,7-16H2,1-4,6H3. The van der Waals surface area contributed by atoms with Crippen LogP contribution < -0.4 is 0 Å². The van der Waals surface area contributed by atoms with Gasteiger partial charge in [-0.15, -0.1) is 0 Å². The van der Waals surface area contributed by atoms with Gasteiger partial charge in [0.25, 0.3) is 0 Å². The number of hydrogen-bond donors (Lipinski definition) is 0. The summed E-state index contributed by atoms with van der Waals surface area (Å²) < 4.78 is 23.8. The Morgan fingerprint density at radius 3 is 1.91 bits per heavy atom. The average Bonchev–Trinajstić information content (AvgIpc) is 2.50. The van der Waals surface area contributed by atoms with Crippen LogP contribution in [0.1, 0.15) is 66.7 Å². The van der Waals surface area contributed by atoms with E-state index >= 15 is 0 Å². The lowest BCUT2D eigenvalue weighted by Gasteiger charge is -2.30. The van der Waals surface area contributed by atoms with Gasteiger partial charge in [0.2, 0.25) is 0 Å². The number of hydrogen-bond acceptors (Lipinski definition) is 4. The maximum atomic E-state index is 6.04. The zero-order valence-electron chi connectivity index (χ0n) is 16.0. The molecule has 0 fully saturated rings. The van der Waals surface area contributed by atoms with E-state index in [1.165, 1.54) is 19.3 Å². The first kappa shape index (κ1) is 22.8. The Balaban J connectivity index is 4.65. The molecule has 0 saturated carbocycles. The van der Waals surface area contributed by atoms with E-state index < -0.39 is 8.80 Å². The second-order valence-electron chi connectivity index (χ2n) is 5.91. The summed E-state index contributed by atoms with van der Waals surface area (Å²) in [5.41, 5.74) is 1.06. The van der Waals surface area contributed by atoms with Crippen molar-refractivity contribution in [3.63, 3.8) is 0 Å². The first-order chi connectivity index (χ1) is 11.0. The summed E-state index contributed by atoms with van der Waals surface area (Å²) >= 11 is 0. The Morgan fingerprint density at radius 2 is 1.48 bits per heavy atom. The minimum atomic E-state index is -2.56. The van der Waals surface area contributed by atoms with Crippen LogP contribution in [0.15, 0.2) is 12.2 Å². The van der Waals surface area contributed by atoms with Gasteiger partial charge in [0, 0.05) is 25.9 Å². The van der Waals surface area contributed by atoms with Gasteiger partial charge in [-0.1, -0.05) is 38.3 Å². The summed E-state index contributed by atoms with van der Waals surface area (Å²) in [5.74, 6) is 0. The third-order valence-electron chi connectivity index (χ3n) is 3.56. The molecule has 0 aliphatic rings. The molecular weight excluding hydrogens is 308 g/mol. The van der Waals surface area contributed by atoms with Gasteiger partial charge in [-0.2, -0.15) is 0 Å². The first-order valence-electron chi connectivity index (χ1n) is 9.21. The lowest BCUT2D eigenvalue weighted by Crippen LogP contribution is -2.46. The molecule has 1 atom stereocenters. The van der Waals surface area contributed by atoms with Gasteiger partial charge in [0.1, 0.15) is 0 Å². The van der Waals surface area contributed by atoms with Crippen LogP contribution >= 0.6 is 0 Å². The molecule has 0 heterocycles. The van der Waals surface area contributed by atoms with Crippen molar-refractivity contribution in [2.75, 3.05) is 26.4 Å². The first-order valence-corrected chi connectivity index (χ1v) is 11.1. The zero-order chi connectivity index (χ0) is 17.6. The summed E-state index contributed by atoms with van der Waals surface area (Å²) in [6, 6.07) is 0.815. The fraction of sp³-hybridized carbons (Fsp3) is 0.889. The van der Waals surface area contributed by atoms with Crippen LogP contribution in [-0.4, -0.2) is 41.3 Å². The van der Waals surface area contributed by atoms with E-state index in [0.29, 0.717) is 26.4 Å². The topological polar surface area (TPSA) is 36.9 Å². The minimum Gasteiger partial charge on any atom is -0.374 e. The van der Waals surface area contributed by atoms with E-state index in [1.54, 1.807) is 0 Å². The Labute approximate surface area is 144 Å². The average molecular weight is 347 g/mol. The van der Waals surface area contributed by atoms with E-state index in [-0.39, 0.29) is 6.10 Å². The predicted molar refractivity (Wildman–Crippen MR) is 98.8 cm³/mol. The van der Waals surface area contributed by atoms with Crippen LogP contribution in [0.3, 0.4) is 0 Å². The van der Waals surface area contributed by atoms with Gasteiger partial charge in [-0.3, -0.25) is 0 Å². The summed E-state index contributed by atoms with van der Waals surface area (Å²) in [5, 5.41) is 0. The highest BCUT2D eigenvalue weighted by Crippen LogP contribution is 2.23. The van der Waals surface area contributed by atoms with E-state index in [9.17, 15) is 0 Å².